The molecule has 0 unspecified atom stereocenters. The molecule has 0 atom stereocenters. The second-order valence-corrected chi connectivity index (χ2v) is 4.35. The number of aromatic nitrogens is 1. The van der Waals surface area contributed by atoms with Crippen molar-refractivity contribution in [1.82, 2.24) is 15.2 Å². The highest BCUT2D eigenvalue weighted by molar-refractivity contribution is 5.93. The van der Waals surface area contributed by atoms with E-state index in [1.54, 1.807) is 19.3 Å². The number of nitrogens with one attached hydrogen (secondary N) is 2. The molecule has 0 aromatic carbocycles. The van der Waals surface area contributed by atoms with Crippen LogP contribution in [-0.4, -0.2) is 29.6 Å². The molecular formula is C12H17N3O2. The van der Waals surface area contributed by atoms with Gasteiger partial charge in [-0.25, -0.2) is 0 Å². The summed E-state index contributed by atoms with van der Waals surface area (Å²) in [6, 6.07) is 3.60. The molecule has 1 aromatic heterocycles. The maximum Gasteiger partial charge on any atom is 0.252 e. The van der Waals surface area contributed by atoms with Gasteiger partial charge in [0.15, 0.2) is 0 Å². The third-order valence-corrected chi connectivity index (χ3v) is 2.77. The van der Waals surface area contributed by atoms with E-state index in [0.29, 0.717) is 18.2 Å². The Kier molecular flexibility index (Phi) is 3.58. The maximum atomic E-state index is 11.7. The van der Waals surface area contributed by atoms with E-state index in [4.69, 9.17) is 0 Å². The summed E-state index contributed by atoms with van der Waals surface area (Å²) in [5, 5.41) is 6.13. The van der Waals surface area contributed by atoms with Gasteiger partial charge in [0.25, 0.3) is 5.91 Å². The lowest BCUT2D eigenvalue weighted by atomic mass is 10.2. The monoisotopic (exact) mass is 235 g/mol. The number of carbonyl (C=O) groups is 1. The van der Waals surface area contributed by atoms with Crippen molar-refractivity contribution in [3.05, 3.63) is 34.2 Å². The Balaban J connectivity index is 1.81. The fourth-order valence-corrected chi connectivity index (χ4v) is 1.57. The van der Waals surface area contributed by atoms with Gasteiger partial charge in [-0.3, -0.25) is 9.59 Å². The fraction of sp³-hybridized carbons (Fsp3) is 0.500. The normalized spacial score (nSPS) is 14.6. The average Bonchev–Trinajstić information content (AvgIpc) is 3.12. The first kappa shape index (κ1) is 11.9. The zero-order valence-electron chi connectivity index (χ0n) is 9.90. The van der Waals surface area contributed by atoms with E-state index in [1.165, 1.54) is 23.5 Å². The van der Waals surface area contributed by atoms with E-state index >= 15 is 0 Å². The summed E-state index contributed by atoms with van der Waals surface area (Å²) in [6.07, 6.45) is 4.04. The standard InChI is InChI=1S/C12H17N3O2/c1-15-8-9(2-5-11(15)16)12(17)14-7-6-13-10-3-4-10/h2,5,8,10,13H,3-4,6-7H2,1H3,(H,14,17). The molecule has 1 aliphatic rings. The molecule has 1 amide bonds. The third-order valence-electron chi connectivity index (χ3n) is 2.77. The molecule has 17 heavy (non-hydrogen) atoms. The molecule has 1 aromatic rings. The van der Waals surface area contributed by atoms with Crippen LogP contribution in [0.1, 0.15) is 23.2 Å². The highest BCUT2D eigenvalue weighted by Gasteiger charge is 2.19. The molecule has 0 radical (unpaired) electrons. The summed E-state index contributed by atoms with van der Waals surface area (Å²) in [5.41, 5.74) is 0.399. The van der Waals surface area contributed by atoms with Crippen molar-refractivity contribution >= 4 is 5.91 Å². The minimum atomic E-state index is -0.141. The van der Waals surface area contributed by atoms with Crippen LogP contribution in [0, 0.1) is 0 Å². The lowest BCUT2D eigenvalue weighted by molar-refractivity contribution is 0.0953. The van der Waals surface area contributed by atoms with Crippen LogP contribution in [0.2, 0.25) is 0 Å². The number of hydrogen-bond acceptors (Lipinski definition) is 3. The van der Waals surface area contributed by atoms with Crippen molar-refractivity contribution in [3.63, 3.8) is 0 Å². The fourth-order valence-electron chi connectivity index (χ4n) is 1.57. The Labute approximate surface area is 99.8 Å². The highest BCUT2D eigenvalue weighted by atomic mass is 16.2. The van der Waals surface area contributed by atoms with Crippen molar-refractivity contribution in [3.8, 4) is 0 Å². The van der Waals surface area contributed by atoms with Gasteiger partial charge in [-0.05, 0) is 18.9 Å². The Hall–Kier alpha value is -1.62. The Bertz CT molecular complexity index is 463. The van der Waals surface area contributed by atoms with E-state index in [9.17, 15) is 9.59 Å². The first-order valence-corrected chi connectivity index (χ1v) is 5.85. The number of carbonyl (C=O) groups excluding carboxylic acids is 1. The van der Waals surface area contributed by atoms with Crippen LogP contribution in [0.3, 0.4) is 0 Å². The number of hydrogen-bond donors (Lipinski definition) is 2. The van der Waals surface area contributed by atoms with E-state index in [1.807, 2.05) is 0 Å². The molecule has 5 heteroatoms. The van der Waals surface area contributed by atoms with Crippen molar-refractivity contribution in [2.45, 2.75) is 18.9 Å². The summed E-state index contributed by atoms with van der Waals surface area (Å²) >= 11 is 0. The molecule has 1 saturated carbocycles. The molecule has 0 aliphatic heterocycles. The summed E-state index contributed by atoms with van der Waals surface area (Å²) in [5.74, 6) is -0.141. The van der Waals surface area contributed by atoms with E-state index in [-0.39, 0.29) is 11.5 Å². The zero-order chi connectivity index (χ0) is 12.3. The first-order valence-electron chi connectivity index (χ1n) is 5.85. The molecule has 0 saturated heterocycles. The number of pyridine rings is 1. The van der Waals surface area contributed by atoms with Crippen LogP contribution in [0.25, 0.3) is 0 Å². The van der Waals surface area contributed by atoms with E-state index in [2.05, 4.69) is 10.6 Å². The van der Waals surface area contributed by atoms with Gasteiger partial charge in [0.2, 0.25) is 5.56 Å². The molecule has 1 aliphatic carbocycles. The summed E-state index contributed by atoms with van der Waals surface area (Å²) in [4.78, 5) is 22.9. The molecule has 5 nitrogen and oxygen atoms in total. The second kappa shape index (κ2) is 5.14. The summed E-state index contributed by atoms with van der Waals surface area (Å²) < 4.78 is 1.40. The summed E-state index contributed by atoms with van der Waals surface area (Å²) in [7, 11) is 1.63. The van der Waals surface area contributed by atoms with Gasteiger partial charge < -0.3 is 15.2 Å². The SMILES string of the molecule is Cn1cc(C(=O)NCCNC2CC2)ccc1=O. The maximum absolute atomic E-state index is 11.7. The predicted molar refractivity (Wildman–Crippen MR) is 65.0 cm³/mol. The number of rotatable bonds is 5. The number of amides is 1. The molecular weight excluding hydrogens is 218 g/mol. The van der Waals surface area contributed by atoms with Crippen LogP contribution < -0.4 is 16.2 Å². The van der Waals surface area contributed by atoms with E-state index in [0.717, 1.165) is 6.54 Å². The van der Waals surface area contributed by atoms with Gasteiger partial charge in [-0.15, -0.1) is 0 Å². The minimum Gasteiger partial charge on any atom is -0.351 e. The van der Waals surface area contributed by atoms with Gasteiger partial charge in [-0.2, -0.15) is 0 Å². The lowest BCUT2D eigenvalue weighted by Crippen LogP contribution is -2.33. The quantitative estimate of drug-likeness (QED) is 0.699. The number of nitrogens with zero attached hydrogens (tertiary/aromatic N) is 1. The predicted octanol–water partition coefficient (Wildman–Crippen LogP) is -0.133. The minimum absolute atomic E-state index is 0.114. The summed E-state index contributed by atoms with van der Waals surface area (Å²) in [6.45, 7) is 1.40. The molecule has 0 bridgehead atoms. The lowest BCUT2D eigenvalue weighted by Gasteiger charge is -2.06. The molecule has 0 spiro atoms. The van der Waals surface area contributed by atoms with Gasteiger partial charge >= 0.3 is 0 Å². The number of aryl methyl sites for hydroxylation is 1. The first-order chi connectivity index (χ1) is 8.16. The van der Waals surface area contributed by atoms with Gasteiger partial charge in [0.05, 0.1) is 5.56 Å². The second-order valence-electron chi connectivity index (χ2n) is 4.35. The smallest absolute Gasteiger partial charge is 0.252 e. The zero-order valence-corrected chi connectivity index (χ0v) is 9.90. The van der Waals surface area contributed by atoms with E-state index < -0.39 is 0 Å². The molecule has 2 rings (SSSR count). The van der Waals surface area contributed by atoms with Crippen LogP contribution in [0.15, 0.2) is 23.1 Å². The van der Waals surface area contributed by atoms with Gasteiger partial charge in [0, 0.05) is 38.4 Å². The average molecular weight is 235 g/mol. The Morgan fingerprint density at radius 3 is 2.82 bits per heavy atom. The van der Waals surface area contributed by atoms with Crippen molar-refractivity contribution in [2.75, 3.05) is 13.1 Å². The molecule has 2 N–H and O–H groups in total. The van der Waals surface area contributed by atoms with Crippen molar-refractivity contribution in [2.24, 2.45) is 7.05 Å². The van der Waals surface area contributed by atoms with Crippen LogP contribution >= 0.6 is 0 Å². The van der Waals surface area contributed by atoms with Gasteiger partial charge in [-0.1, -0.05) is 0 Å². The Morgan fingerprint density at radius 2 is 2.18 bits per heavy atom. The molecule has 1 fully saturated rings. The van der Waals surface area contributed by atoms with Crippen LogP contribution in [0.5, 0.6) is 0 Å². The third kappa shape index (κ3) is 3.42. The molecule has 1 heterocycles. The highest BCUT2D eigenvalue weighted by Crippen LogP contribution is 2.17. The van der Waals surface area contributed by atoms with Crippen LogP contribution in [0.4, 0.5) is 0 Å². The van der Waals surface area contributed by atoms with Gasteiger partial charge in [0.1, 0.15) is 0 Å². The van der Waals surface area contributed by atoms with Crippen LogP contribution in [-0.2, 0) is 7.05 Å². The topological polar surface area (TPSA) is 63.1 Å². The van der Waals surface area contributed by atoms with Crippen molar-refractivity contribution in [1.29, 1.82) is 0 Å². The Morgan fingerprint density at radius 1 is 1.41 bits per heavy atom. The van der Waals surface area contributed by atoms with Crippen molar-refractivity contribution < 1.29 is 4.79 Å². The largest absolute Gasteiger partial charge is 0.351 e. The molecule has 92 valence electrons.